The van der Waals surface area contributed by atoms with Gasteiger partial charge in [-0.05, 0) is 40.8 Å². The average molecular weight is 455 g/mol. The van der Waals surface area contributed by atoms with Gasteiger partial charge in [0.15, 0.2) is 5.60 Å². The van der Waals surface area contributed by atoms with E-state index in [1.807, 2.05) is 30.3 Å². The molecular formula is C20H18BrClFNO3. The SMILES string of the molecule is O=C(O)N1CCCC[C@H]1[C@@]1(c2ccccc2)Cc2c(cc(F)c(Cl)c2Br)O1. The van der Waals surface area contributed by atoms with Crippen LogP contribution in [0.4, 0.5) is 9.18 Å². The third kappa shape index (κ3) is 2.99. The van der Waals surface area contributed by atoms with Gasteiger partial charge in [-0.25, -0.2) is 9.18 Å². The van der Waals surface area contributed by atoms with Crippen molar-refractivity contribution < 1.29 is 19.0 Å². The molecule has 0 aliphatic carbocycles. The summed E-state index contributed by atoms with van der Waals surface area (Å²) in [6, 6.07) is 10.5. The monoisotopic (exact) mass is 453 g/mol. The lowest BCUT2D eigenvalue weighted by Gasteiger charge is -2.45. The molecule has 4 rings (SSSR count). The van der Waals surface area contributed by atoms with Gasteiger partial charge in [-0.1, -0.05) is 41.9 Å². The van der Waals surface area contributed by atoms with Crippen LogP contribution in [-0.2, 0) is 12.0 Å². The van der Waals surface area contributed by atoms with Crippen molar-refractivity contribution in [1.82, 2.24) is 4.90 Å². The number of hydrogen-bond acceptors (Lipinski definition) is 2. The molecule has 1 N–H and O–H groups in total. The molecule has 7 heteroatoms. The van der Waals surface area contributed by atoms with Crippen molar-refractivity contribution in [1.29, 1.82) is 0 Å². The van der Waals surface area contributed by atoms with E-state index in [0.717, 1.165) is 24.0 Å². The van der Waals surface area contributed by atoms with E-state index in [-0.39, 0.29) is 11.1 Å². The summed E-state index contributed by atoms with van der Waals surface area (Å²) in [6.07, 6.45) is 1.88. The van der Waals surface area contributed by atoms with Gasteiger partial charge in [-0.3, -0.25) is 0 Å². The number of piperidine rings is 1. The Morgan fingerprint density at radius 3 is 2.78 bits per heavy atom. The van der Waals surface area contributed by atoms with E-state index in [2.05, 4.69) is 15.9 Å². The normalized spacial score (nSPS) is 24.4. The van der Waals surface area contributed by atoms with E-state index < -0.39 is 17.5 Å². The highest BCUT2D eigenvalue weighted by Gasteiger charge is 2.52. The van der Waals surface area contributed by atoms with E-state index >= 15 is 0 Å². The minimum Gasteiger partial charge on any atom is -0.480 e. The summed E-state index contributed by atoms with van der Waals surface area (Å²) in [7, 11) is 0. The lowest BCUT2D eigenvalue weighted by molar-refractivity contribution is -0.0252. The summed E-state index contributed by atoms with van der Waals surface area (Å²) in [4.78, 5) is 13.4. The minimum atomic E-state index is -0.960. The lowest BCUT2D eigenvalue weighted by atomic mass is 9.78. The Kier molecular flexibility index (Phi) is 4.80. The summed E-state index contributed by atoms with van der Waals surface area (Å²) in [5, 5.41) is 9.78. The van der Waals surface area contributed by atoms with E-state index in [1.54, 1.807) is 0 Å². The molecule has 1 saturated heterocycles. The summed E-state index contributed by atoms with van der Waals surface area (Å²) in [5.74, 6) is -0.159. The first-order chi connectivity index (χ1) is 12.9. The quantitative estimate of drug-likeness (QED) is 0.601. The Labute approximate surface area is 170 Å². The van der Waals surface area contributed by atoms with Gasteiger partial charge in [0.05, 0.1) is 11.1 Å². The number of carbonyl (C=O) groups is 1. The summed E-state index contributed by atoms with van der Waals surface area (Å²) >= 11 is 9.48. The highest BCUT2D eigenvalue weighted by atomic mass is 79.9. The number of hydrogen-bond donors (Lipinski definition) is 1. The number of nitrogens with zero attached hydrogens (tertiary/aromatic N) is 1. The van der Waals surface area contributed by atoms with Crippen molar-refractivity contribution in [3.63, 3.8) is 0 Å². The van der Waals surface area contributed by atoms with Gasteiger partial charge in [-0.2, -0.15) is 0 Å². The highest BCUT2D eigenvalue weighted by Crippen LogP contribution is 2.51. The maximum absolute atomic E-state index is 14.2. The smallest absolute Gasteiger partial charge is 0.407 e. The molecule has 2 aliphatic rings. The van der Waals surface area contributed by atoms with Crippen LogP contribution in [0.15, 0.2) is 40.9 Å². The van der Waals surface area contributed by atoms with Crippen molar-refractivity contribution >= 4 is 33.6 Å². The summed E-state index contributed by atoms with van der Waals surface area (Å²) in [6.45, 7) is 0.463. The molecule has 142 valence electrons. The molecule has 0 saturated carbocycles. The maximum Gasteiger partial charge on any atom is 0.407 e. The zero-order valence-electron chi connectivity index (χ0n) is 14.4. The Bertz CT molecular complexity index is 895. The van der Waals surface area contributed by atoms with Crippen molar-refractivity contribution in [2.45, 2.75) is 37.3 Å². The maximum atomic E-state index is 14.2. The van der Waals surface area contributed by atoms with E-state index in [1.165, 1.54) is 11.0 Å². The molecule has 0 radical (unpaired) electrons. The van der Waals surface area contributed by atoms with Gasteiger partial charge < -0.3 is 14.7 Å². The van der Waals surface area contributed by atoms with Gasteiger partial charge in [0.25, 0.3) is 0 Å². The second kappa shape index (κ2) is 6.99. The zero-order chi connectivity index (χ0) is 19.2. The Balaban J connectivity index is 1.87. The lowest BCUT2D eigenvalue weighted by Crippen LogP contribution is -2.57. The number of amides is 1. The number of likely N-dealkylation sites (tertiary alicyclic amines) is 1. The number of halogens is 3. The topological polar surface area (TPSA) is 49.8 Å². The first-order valence-corrected chi connectivity index (χ1v) is 10.0. The summed E-state index contributed by atoms with van der Waals surface area (Å²) < 4.78 is 21.0. The molecule has 0 spiro atoms. The molecule has 2 heterocycles. The number of carboxylic acid groups (broad SMARTS) is 1. The summed E-state index contributed by atoms with van der Waals surface area (Å²) in [5.41, 5.74) is 0.728. The molecule has 27 heavy (non-hydrogen) atoms. The van der Waals surface area contributed by atoms with Crippen LogP contribution in [0.25, 0.3) is 0 Å². The minimum absolute atomic E-state index is 0.0138. The predicted molar refractivity (Wildman–Crippen MR) is 104 cm³/mol. The zero-order valence-corrected chi connectivity index (χ0v) is 16.8. The molecule has 2 atom stereocenters. The van der Waals surface area contributed by atoms with Crippen molar-refractivity contribution in [2.24, 2.45) is 0 Å². The number of ether oxygens (including phenoxy) is 1. The van der Waals surface area contributed by atoms with Gasteiger partial charge in [0.1, 0.15) is 11.6 Å². The first-order valence-electron chi connectivity index (χ1n) is 8.84. The molecule has 1 amide bonds. The molecule has 2 aromatic carbocycles. The predicted octanol–water partition coefficient (Wildman–Crippen LogP) is 5.60. The molecule has 0 unspecified atom stereocenters. The van der Waals surface area contributed by atoms with Crippen LogP contribution in [0.1, 0.15) is 30.4 Å². The van der Waals surface area contributed by atoms with Crippen LogP contribution in [0.5, 0.6) is 5.75 Å². The van der Waals surface area contributed by atoms with Gasteiger partial charge in [-0.15, -0.1) is 0 Å². The van der Waals surface area contributed by atoms with E-state index in [0.29, 0.717) is 29.6 Å². The van der Waals surface area contributed by atoms with Crippen molar-refractivity contribution in [3.05, 3.63) is 62.8 Å². The Hall–Kier alpha value is -1.79. The van der Waals surface area contributed by atoms with E-state index in [9.17, 15) is 14.3 Å². The van der Waals surface area contributed by atoms with Gasteiger partial charge in [0.2, 0.25) is 0 Å². The van der Waals surface area contributed by atoms with Gasteiger partial charge >= 0.3 is 6.09 Å². The van der Waals surface area contributed by atoms with Crippen LogP contribution < -0.4 is 4.74 Å². The Morgan fingerprint density at radius 2 is 2.07 bits per heavy atom. The largest absolute Gasteiger partial charge is 0.480 e. The molecular weight excluding hydrogens is 437 g/mol. The fourth-order valence-corrected chi connectivity index (χ4v) is 4.96. The molecule has 0 aromatic heterocycles. The fraction of sp³-hybridized carbons (Fsp3) is 0.350. The number of rotatable bonds is 2. The second-order valence-electron chi connectivity index (χ2n) is 6.98. The third-order valence-corrected chi connectivity index (χ3v) is 6.98. The van der Waals surface area contributed by atoms with E-state index in [4.69, 9.17) is 16.3 Å². The second-order valence-corrected chi connectivity index (χ2v) is 8.16. The average Bonchev–Trinajstić information content (AvgIpc) is 3.07. The number of fused-ring (bicyclic) bond motifs is 1. The molecule has 1 fully saturated rings. The third-order valence-electron chi connectivity index (χ3n) is 5.50. The molecule has 0 bridgehead atoms. The van der Waals surface area contributed by atoms with Crippen LogP contribution >= 0.6 is 27.5 Å². The Morgan fingerprint density at radius 1 is 1.33 bits per heavy atom. The number of benzene rings is 2. The van der Waals surface area contributed by atoms with Crippen LogP contribution in [0, 0.1) is 5.82 Å². The molecule has 2 aromatic rings. The van der Waals surface area contributed by atoms with Crippen molar-refractivity contribution in [2.75, 3.05) is 6.54 Å². The van der Waals surface area contributed by atoms with Crippen LogP contribution in [-0.4, -0.2) is 28.7 Å². The standard InChI is InChI=1S/C20H18BrClFNO3/c21-17-13-11-20(12-6-2-1-3-7-12,27-15(13)10-14(23)18(17)22)16-8-4-5-9-24(16)19(25)26/h1-3,6-7,10,16H,4-5,8-9,11H2,(H,25,26)/t16-,20-/m0/s1. The first kappa shape index (κ1) is 18.6. The fourth-order valence-electron chi connectivity index (χ4n) is 4.27. The molecule has 2 aliphatic heterocycles. The molecule has 4 nitrogen and oxygen atoms in total. The van der Waals surface area contributed by atoms with Crippen molar-refractivity contribution in [3.8, 4) is 5.75 Å². The van der Waals surface area contributed by atoms with Crippen LogP contribution in [0.2, 0.25) is 5.02 Å². The highest BCUT2D eigenvalue weighted by molar-refractivity contribution is 9.10. The van der Waals surface area contributed by atoms with Gasteiger partial charge in [0, 0.05) is 29.1 Å². The van der Waals surface area contributed by atoms with Crippen LogP contribution in [0.3, 0.4) is 0 Å².